The lowest BCUT2D eigenvalue weighted by Crippen LogP contribution is -2.39. The number of carbonyl (C=O) groups is 2. The molecule has 0 saturated carbocycles. The number of carboxylic acid groups (broad SMARTS) is 1. The number of rotatable bonds is 3. The first-order chi connectivity index (χ1) is 9.47. The van der Waals surface area contributed by atoms with Gasteiger partial charge in [-0.3, -0.25) is 9.59 Å². The molecule has 1 aliphatic rings. The minimum Gasteiger partial charge on any atom is -0.481 e. The van der Waals surface area contributed by atoms with Crippen LogP contribution in [0.2, 0.25) is 0 Å². The first-order valence-corrected chi connectivity index (χ1v) is 7.54. The van der Waals surface area contributed by atoms with Crippen LogP contribution in [0.15, 0.2) is 22.7 Å². The number of aryl methyl sites for hydroxylation is 1. The molecule has 1 heterocycles. The molecule has 5 heteroatoms. The third-order valence-corrected chi connectivity index (χ3v) is 4.28. The van der Waals surface area contributed by atoms with E-state index in [1.165, 1.54) is 0 Å². The fourth-order valence-electron chi connectivity index (χ4n) is 2.62. The molecule has 0 unspecified atom stereocenters. The number of likely N-dealkylation sites (tertiary alicyclic amines) is 1. The molecule has 0 spiro atoms. The lowest BCUT2D eigenvalue weighted by molar-refractivity contribution is -0.138. The van der Waals surface area contributed by atoms with Gasteiger partial charge in [0.15, 0.2) is 0 Å². The van der Waals surface area contributed by atoms with Gasteiger partial charge in [0.05, 0.1) is 0 Å². The van der Waals surface area contributed by atoms with Crippen LogP contribution in [-0.2, 0) is 4.79 Å². The minimum atomic E-state index is -0.751. The van der Waals surface area contributed by atoms with Crippen molar-refractivity contribution in [3.05, 3.63) is 33.8 Å². The highest BCUT2D eigenvalue weighted by Gasteiger charge is 2.25. The van der Waals surface area contributed by atoms with E-state index in [2.05, 4.69) is 15.9 Å². The van der Waals surface area contributed by atoms with E-state index in [-0.39, 0.29) is 18.2 Å². The Balaban J connectivity index is 1.99. The van der Waals surface area contributed by atoms with Gasteiger partial charge in [0, 0.05) is 29.5 Å². The molecule has 20 heavy (non-hydrogen) atoms. The third kappa shape index (κ3) is 3.60. The van der Waals surface area contributed by atoms with Crippen molar-refractivity contribution in [2.24, 2.45) is 5.92 Å². The average Bonchev–Trinajstić information content (AvgIpc) is 2.38. The Morgan fingerprint density at radius 3 is 2.55 bits per heavy atom. The molecule has 1 amide bonds. The van der Waals surface area contributed by atoms with Crippen molar-refractivity contribution in [2.45, 2.75) is 26.2 Å². The lowest BCUT2D eigenvalue weighted by atomic mass is 9.93. The Kier molecular flexibility index (Phi) is 4.81. The predicted octanol–water partition coefficient (Wildman–Crippen LogP) is 3.08. The first kappa shape index (κ1) is 15.0. The number of hydrogen-bond donors (Lipinski definition) is 1. The van der Waals surface area contributed by atoms with Gasteiger partial charge >= 0.3 is 5.97 Å². The molecule has 108 valence electrons. The topological polar surface area (TPSA) is 57.6 Å². The van der Waals surface area contributed by atoms with Crippen LogP contribution in [0.25, 0.3) is 0 Å². The smallest absolute Gasteiger partial charge is 0.303 e. The van der Waals surface area contributed by atoms with Crippen molar-refractivity contribution in [1.29, 1.82) is 0 Å². The molecule has 0 aromatic heterocycles. The molecule has 0 aliphatic carbocycles. The van der Waals surface area contributed by atoms with Gasteiger partial charge in [0.1, 0.15) is 0 Å². The van der Waals surface area contributed by atoms with Crippen LogP contribution < -0.4 is 0 Å². The maximum absolute atomic E-state index is 12.5. The molecule has 0 atom stereocenters. The molecule has 1 aromatic carbocycles. The fourth-order valence-corrected chi connectivity index (χ4v) is 3.10. The van der Waals surface area contributed by atoms with Crippen LogP contribution in [-0.4, -0.2) is 35.0 Å². The summed E-state index contributed by atoms with van der Waals surface area (Å²) in [4.78, 5) is 25.0. The molecule has 1 fully saturated rings. The maximum Gasteiger partial charge on any atom is 0.303 e. The largest absolute Gasteiger partial charge is 0.481 e. The second kappa shape index (κ2) is 6.39. The number of halogens is 1. The van der Waals surface area contributed by atoms with Gasteiger partial charge in [-0.1, -0.05) is 15.9 Å². The molecule has 1 aliphatic heterocycles. The van der Waals surface area contributed by atoms with Crippen LogP contribution in [0.1, 0.15) is 35.2 Å². The molecule has 2 rings (SSSR count). The van der Waals surface area contributed by atoms with Crippen LogP contribution in [0.3, 0.4) is 0 Å². The molecule has 0 radical (unpaired) electrons. The van der Waals surface area contributed by atoms with Crippen LogP contribution in [0, 0.1) is 12.8 Å². The summed E-state index contributed by atoms with van der Waals surface area (Å²) in [6.07, 6.45) is 1.75. The zero-order valence-corrected chi connectivity index (χ0v) is 13.0. The van der Waals surface area contributed by atoms with E-state index in [1.807, 2.05) is 30.0 Å². The number of nitrogens with zero attached hydrogens (tertiary/aromatic N) is 1. The normalized spacial score (nSPS) is 16.2. The molecular weight excluding hydrogens is 322 g/mol. The minimum absolute atomic E-state index is 0.0452. The Morgan fingerprint density at radius 2 is 2.00 bits per heavy atom. The Hall–Kier alpha value is -1.36. The van der Waals surface area contributed by atoms with Gasteiger partial charge < -0.3 is 10.0 Å². The van der Waals surface area contributed by atoms with Crippen molar-refractivity contribution >= 4 is 27.8 Å². The van der Waals surface area contributed by atoms with E-state index in [0.29, 0.717) is 13.1 Å². The van der Waals surface area contributed by atoms with Crippen molar-refractivity contribution in [1.82, 2.24) is 4.90 Å². The van der Waals surface area contributed by atoms with Crippen LogP contribution in [0.5, 0.6) is 0 Å². The molecule has 1 aromatic rings. The van der Waals surface area contributed by atoms with E-state index in [4.69, 9.17) is 5.11 Å². The van der Waals surface area contributed by atoms with Crippen LogP contribution >= 0.6 is 15.9 Å². The summed E-state index contributed by atoms with van der Waals surface area (Å²) in [5.41, 5.74) is 1.68. The molecular formula is C15H18BrNO3. The summed E-state index contributed by atoms with van der Waals surface area (Å²) in [5, 5.41) is 8.80. The number of amides is 1. The summed E-state index contributed by atoms with van der Waals surface area (Å²) in [7, 11) is 0. The van der Waals surface area contributed by atoms with E-state index >= 15 is 0 Å². The van der Waals surface area contributed by atoms with E-state index in [0.717, 1.165) is 28.4 Å². The van der Waals surface area contributed by atoms with Crippen LogP contribution in [0.4, 0.5) is 0 Å². The predicted molar refractivity (Wildman–Crippen MR) is 79.8 cm³/mol. The van der Waals surface area contributed by atoms with Crippen molar-refractivity contribution in [3.8, 4) is 0 Å². The number of benzene rings is 1. The van der Waals surface area contributed by atoms with E-state index in [9.17, 15) is 9.59 Å². The van der Waals surface area contributed by atoms with Gasteiger partial charge in [0.2, 0.25) is 0 Å². The summed E-state index contributed by atoms with van der Waals surface area (Å²) in [5.74, 6) is -0.509. The quantitative estimate of drug-likeness (QED) is 0.920. The maximum atomic E-state index is 12.5. The molecule has 1 N–H and O–H groups in total. The first-order valence-electron chi connectivity index (χ1n) is 6.74. The number of carbonyl (C=O) groups excluding carboxylic acids is 1. The van der Waals surface area contributed by atoms with Crippen molar-refractivity contribution < 1.29 is 14.7 Å². The van der Waals surface area contributed by atoms with Gasteiger partial charge in [-0.2, -0.15) is 0 Å². The Bertz CT molecular complexity index is 522. The number of hydrogen-bond acceptors (Lipinski definition) is 2. The van der Waals surface area contributed by atoms with E-state index in [1.54, 1.807) is 0 Å². The average molecular weight is 340 g/mol. The summed E-state index contributed by atoms with van der Waals surface area (Å²) in [6.45, 7) is 3.22. The fraction of sp³-hybridized carbons (Fsp3) is 0.467. The second-order valence-electron chi connectivity index (χ2n) is 5.29. The monoisotopic (exact) mass is 339 g/mol. The second-order valence-corrected chi connectivity index (χ2v) is 6.21. The highest BCUT2D eigenvalue weighted by atomic mass is 79.9. The third-order valence-electron chi connectivity index (χ3n) is 3.78. The number of aliphatic carboxylic acids is 1. The van der Waals surface area contributed by atoms with Gasteiger partial charge in [-0.25, -0.2) is 0 Å². The zero-order valence-electron chi connectivity index (χ0n) is 11.4. The zero-order chi connectivity index (χ0) is 14.7. The van der Waals surface area contributed by atoms with Gasteiger partial charge in [-0.05, 0) is 49.4 Å². The molecule has 4 nitrogen and oxygen atoms in total. The van der Waals surface area contributed by atoms with E-state index < -0.39 is 5.97 Å². The Labute approximate surface area is 126 Å². The van der Waals surface area contributed by atoms with Crippen molar-refractivity contribution in [3.63, 3.8) is 0 Å². The number of piperidine rings is 1. The summed E-state index contributed by atoms with van der Waals surface area (Å²) < 4.78 is 0.965. The lowest BCUT2D eigenvalue weighted by Gasteiger charge is -2.31. The SMILES string of the molecule is Cc1cc(Br)ccc1C(=O)N1CCC(CC(=O)O)CC1. The molecule has 1 saturated heterocycles. The standard InChI is InChI=1S/C15H18BrNO3/c1-10-8-12(16)2-3-13(10)15(20)17-6-4-11(5-7-17)9-14(18)19/h2-3,8,11H,4-7,9H2,1H3,(H,18,19). The van der Waals surface area contributed by atoms with Gasteiger partial charge in [0.25, 0.3) is 5.91 Å². The van der Waals surface area contributed by atoms with Gasteiger partial charge in [-0.15, -0.1) is 0 Å². The summed E-state index contributed by atoms with van der Waals surface area (Å²) >= 11 is 3.39. The van der Waals surface area contributed by atoms with Crippen molar-refractivity contribution in [2.75, 3.05) is 13.1 Å². The number of carboxylic acids is 1. The summed E-state index contributed by atoms with van der Waals surface area (Å²) in [6, 6.07) is 5.65. The molecule has 0 bridgehead atoms. The Morgan fingerprint density at radius 1 is 1.35 bits per heavy atom. The highest BCUT2D eigenvalue weighted by molar-refractivity contribution is 9.10. The highest BCUT2D eigenvalue weighted by Crippen LogP contribution is 2.23.